The number of carbonyl (C=O) groups excluding carboxylic acids is 2. The number of urea groups is 1. The molecule has 0 aliphatic carbocycles. The quantitative estimate of drug-likeness (QED) is 0.551. The average molecular weight is 497 g/mol. The van der Waals surface area contributed by atoms with Crippen molar-refractivity contribution in [3.63, 3.8) is 0 Å². The second-order valence-electron chi connectivity index (χ2n) is 9.58. The van der Waals surface area contributed by atoms with Crippen LogP contribution in [0.1, 0.15) is 44.8 Å². The predicted molar refractivity (Wildman–Crippen MR) is 136 cm³/mol. The molecule has 12 nitrogen and oxygen atoms in total. The number of rotatable bonds is 8. The van der Waals surface area contributed by atoms with Gasteiger partial charge in [-0.2, -0.15) is 15.0 Å². The summed E-state index contributed by atoms with van der Waals surface area (Å²) in [6.45, 7) is 15.1. The highest BCUT2D eigenvalue weighted by Crippen LogP contribution is 2.24. The zero-order valence-electron chi connectivity index (χ0n) is 21.8. The summed E-state index contributed by atoms with van der Waals surface area (Å²) in [5.41, 5.74) is 0.853. The summed E-state index contributed by atoms with van der Waals surface area (Å²) in [6.07, 6.45) is 6.01. The van der Waals surface area contributed by atoms with Crippen molar-refractivity contribution in [3.05, 3.63) is 36.7 Å². The topological polar surface area (TPSA) is 116 Å². The van der Waals surface area contributed by atoms with Gasteiger partial charge in [0.15, 0.2) is 0 Å². The monoisotopic (exact) mass is 496 g/mol. The van der Waals surface area contributed by atoms with Crippen LogP contribution < -0.4 is 10.2 Å². The van der Waals surface area contributed by atoms with Crippen molar-refractivity contribution in [2.75, 3.05) is 43.4 Å². The Bertz CT molecular complexity index is 1120. The highest BCUT2D eigenvalue weighted by atomic mass is 16.2. The Labute approximate surface area is 212 Å². The summed E-state index contributed by atoms with van der Waals surface area (Å²) >= 11 is 0. The fraction of sp³-hybridized carbons (Fsp3) is 0.583. The molecule has 3 amide bonds. The molecule has 0 radical (unpaired) electrons. The van der Waals surface area contributed by atoms with Gasteiger partial charge < -0.3 is 19.7 Å². The van der Waals surface area contributed by atoms with E-state index in [2.05, 4.69) is 50.6 Å². The first-order valence-corrected chi connectivity index (χ1v) is 12.4. The molecule has 2 aromatic rings. The molecule has 2 aliphatic heterocycles. The van der Waals surface area contributed by atoms with Crippen LogP contribution in [0, 0.1) is 6.92 Å². The maximum atomic E-state index is 12.7. The molecule has 2 fully saturated rings. The van der Waals surface area contributed by atoms with Crippen LogP contribution in [0.5, 0.6) is 0 Å². The van der Waals surface area contributed by atoms with Crippen LogP contribution in [-0.4, -0.2) is 96.5 Å². The van der Waals surface area contributed by atoms with E-state index in [4.69, 9.17) is 0 Å². The van der Waals surface area contributed by atoms with E-state index in [0.717, 1.165) is 25.2 Å². The zero-order chi connectivity index (χ0) is 26.0. The Morgan fingerprint density at radius 3 is 2.75 bits per heavy atom. The number of piperazine rings is 1. The molecule has 0 aromatic carbocycles. The molecule has 0 unspecified atom stereocenters. The Morgan fingerprint density at radius 1 is 1.28 bits per heavy atom. The molecule has 3 atom stereocenters. The van der Waals surface area contributed by atoms with Crippen LogP contribution in [0.3, 0.4) is 0 Å². The van der Waals surface area contributed by atoms with Crippen molar-refractivity contribution in [1.29, 1.82) is 0 Å². The number of amides is 3. The second-order valence-corrected chi connectivity index (χ2v) is 9.58. The van der Waals surface area contributed by atoms with Crippen LogP contribution in [0.4, 0.5) is 16.7 Å². The minimum Gasteiger partial charge on any atom is -0.346 e. The van der Waals surface area contributed by atoms with E-state index in [1.54, 1.807) is 23.8 Å². The van der Waals surface area contributed by atoms with E-state index in [9.17, 15) is 9.59 Å². The molecule has 0 spiro atoms. The first-order chi connectivity index (χ1) is 17.2. The molecule has 12 heteroatoms. The van der Waals surface area contributed by atoms with Gasteiger partial charge in [0.2, 0.25) is 17.8 Å². The van der Waals surface area contributed by atoms with E-state index in [1.165, 1.54) is 6.08 Å². The first-order valence-electron chi connectivity index (χ1n) is 12.4. The van der Waals surface area contributed by atoms with E-state index in [-0.39, 0.29) is 30.1 Å². The summed E-state index contributed by atoms with van der Waals surface area (Å²) < 4.78 is 2.04. The van der Waals surface area contributed by atoms with E-state index in [0.29, 0.717) is 37.5 Å². The highest BCUT2D eigenvalue weighted by molar-refractivity contribution is 5.93. The standard InChI is InChI=1S/C24H36N10O2/c1-7-19-12-30(6)24(36)34(19)23-28-18(5)27-22(29-23)26-17(4)20-13-32(14-25-20)15-31-9-10-33(16(3)11-31)21(35)8-2/h8,13-14,16-17,19H,2,7,9-12,15H2,1,3-6H3,(H,26,27,28,29)/t16-,17-,19-/m0/s1. The molecule has 2 aliphatic rings. The van der Waals surface area contributed by atoms with Crippen molar-refractivity contribution in [2.24, 2.45) is 0 Å². The third-order valence-corrected chi connectivity index (χ3v) is 6.78. The van der Waals surface area contributed by atoms with Crippen LogP contribution >= 0.6 is 0 Å². The van der Waals surface area contributed by atoms with E-state index in [1.807, 2.05) is 28.9 Å². The predicted octanol–water partition coefficient (Wildman–Crippen LogP) is 1.88. The number of likely N-dealkylation sites (N-methyl/N-ethyl adjacent to an activating group) is 1. The fourth-order valence-corrected chi connectivity index (χ4v) is 4.80. The lowest BCUT2D eigenvalue weighted by molar-refractivity contribution is -0.130. The number of nitrogens with zero attached hydrogens (tertiary/aromatic N) is 9. The molecule has 0 bridgehead atoms. The zero-order valence-corrected chi connectivity index (χ0v) is 21.8. The van der Waals surface area contributed by atoms with Crippen LogP contribution in [0.25, 0.3) is 0 Å². The number of nitrogens with one attached hydrogen (secondary N) is 1. The van der Waals surface area contributed by atoms with Gasteiger partial charge in [-0.1, -0.05) is 13.5 Å². The largest absolute Gasteiger partial charge is 0.346 e. The second kappa shape index (κ2) is 10.6. The van der Waals surface area contributed by atoms with Crippen molar-refractivity contribution in [1.82, 2.24) is 39.2 Å². The lowest BCUT2D eigenvalue weighted by atomic mass is 10.2. The molecule has 4 heterocycles. The van der Waals surface area contributed by atoms with Crippen molar-refractivity contribution < 1.29 is 9.59 Å². The molecule has 36 heavy (non-hydrogen) atoms. The lowest BCUT2D eigenvalue weighted by Gasteiger charge is -2.39. The summed E-state index contributed by atoms with van der Waals surface area (Å²) in [5, 5.41) is 3.31. The molecule has 2 aromatic heterocycles. The Kier molecular flexibility index (Phi) is 7.53. The third kappa shape index (κ3) is 5.32. The number of hydrogen-bond donors (Lipinski definition) is 1. The number of anilines is 2. The SMILES string of the molecule is C=CC(=O)N1CCN(Cn2cnc([C@H](C)Nc3nc(C)nc(N4C(=O)N(C)C[C@@H]4CC)n3)c2)C[C@@H]1C. The van der Waals surface area contributed by atoms with Crippen LogP contribution in [0.15, 0.2) is 25.2 Å². The number of hydrogen-bond acceptors (Lipinski definition) is 8. The van der Waals surface area contributed by atoms with Gasteiger partial charge in [-0.25, -0.2) is 9.78 Å². The van der Waals surface area contributed by atoms with Crippen LogP contribution in [0.2, 0.25) is 0 Å². The third-order valence-electron chi connectivity index (χ3n) is 6.78. The van der Waals surface area contributed by atoms with Gasteiger partial charge in [-0.3, -0.25) is 14.6 Å². The van der Waals surface area contributed by atoms with Gasteiger partial charge in [0.25, 0.3) is 0 Å². The molecule has 0 saturated carbocycles. The molecular formula is C24H36N10O2. The summed E-state index contributed by atoms with van der Waals surface area (Å²) in [6, 6.07) is -0.0940. The number of carbonyl (C=O) groups is 2. The Hall–Kier alpha value is -3.54. The number of imidazole rings is 1. The van der Waals surface area contributed by atoms with E-state index < -0.39 is 0 Å². The highest BCUT2D eigenvalue weighted by Gasteiger charge is 2.37. The smallest absolute Gasteiger partial charge is 0.327 e. The fourth-order valence-electron chi connectivity index (χ4n) is 4.80. The molecular weight excluding hydrogens is 460 g/mol. The summed E-state index contributed by atoms with van der Waals surface area (Å²) in [5.74, 6) is 1.30. The van der Waals surface area contributed by atoms with Crippen molar-refractivity contribution in [3.8, 4) is 0 Å². The van der Waals surface area contributed by atoms with Gasteiger partial charge >= 0.3 is 6.03 Å². The average Bonchev–Trinajstić information content (AvgIpc) is 3.42. The van der Waals surface area contributed by atoms with Crippen molar-refractivity contribution >= 4 is 23.8 Å². The van der Waals surface area contributed by atoms with Gasteiger partial charge in [0.1, 0.15) is 5.82 Å². The van der Waals surface area contributed by atoms with Gasteiger partial charge in [0.05, 0.1) is 30.8 Å². The Balaban J connectivity index is 1.40. The lowest BCUT2D eigenvalue weighted by Crippen LogP contribution is -2.53. The van der Waals surface area contributed by atoms with Crippen molar-refractivity contribution in [2.45, 2.75) is 58.9 Å². The van der Waals surface area contributed by atoms with Gasteiger partial charge in [0, 0.05) is 45.5 Å². The first kappa shape index (κ1) is 25.5. The Morgan fingerprint density at radius 2 is 2.06 bits per heavy atom. The molecule has 1 N–H and O–H groups in total. The number of aryl methyl sites for hydroxylation is 1. The molecule has 2 saturated heterocycles. The molecule has 194 valence electrons. The summed E-state index contributed by atoms with van der Waals surface area (Å²) in [7, 11) is 1.79. The maximum absolute atomic E-state index is 12.7. The molecule has 4 rings (SSSR count). The van der Waals surface area contributed by atoms with Gasteiger partial charge in [-0.05, 0) is 33.3 Å². The van der Waals surface area contributed by atoms with E-state index >= 15 is 0 Å². The number of aromatic nitrogens is 5. The van der Waals surface area contributed by atoms with Gasteiger partial charge in [-0.15, -0.1) is 0 Å². The minimum absolute atomic E-state index is 0.0185. The maximum Gasteiger partial charge on any atom is 0.327 e. The van der Waals surface area contributed by atoms with Crippen LogP contribution in [-0.2, 0) is 11.5 Å². The minimum atomic E-state index is -0.152. The summed E-state index contributed by atoms with van der Waals surface area (Å²) in [4.78, 5) is 50.2. The normalized spacial score (nSPS) is 21.7.